The normalized spacial score (nSPS) is 12.2. The van der Waals surface area contributed by atoms with Crippen LogP contribution in [-0.4, -0.2) is 13.6 Å². The molecule has 0 saturated heterocycles. The van der Waals surface area contributed by atoms with Crippen molar-refractivity contribution in [2.45, 2.75) is 13.0 Å². The first-order valence-electron chi connectivity index (χ1n) is 6.47. The molecule has 2 nitrogen and oxygen atoms in total. The molecule has 0 aliphatic heterocycles. The fourth-order valence-electron chi connectivity index (χ4n) is 2.26. The van der Waals surface area contributed by atoms with Crippen molar-refractivity contribution in [3.8, 4) is 0 Å². The fourth-order valence-corrected chi connectivity index (χ4v) is 2.57. The monoisotopic (exact) mass is 308 g/mol. The van der Waals surface area contributed by atoms with E-state index in [1.807, 2.05) is 31.3 Å². The standard InChI is InChI=1S/C16H18Cl2N2/c1-11-4-3-5-13(8-11)20(2)16(10-19)12-6-7-14(17)15(18)9-12/h3-9,16H,10,19H2,1-2H3. The molecule has 2 aromatic carbocycles. The summed E-state index contributed by atoms with van der Waals surface area (Å²) in [5.41, 5.74) is 9.37. The molecule has 0 saturated carbocycles. The molecule has 20 heavy (non-hydrogen) atoms. The van der Waals surface area contributed by atoms with Crippen molar-refractivity contribution in [3.63, 3.8) is 0 Å². The topological polar surface area (TPSA) is 29.3 Å². The lowest BCUT2D eigenvalue weighted by atomic mass is 10.0. The van der Waals surface area contributed by atoms with E-state index in [0.29, 0.717) is 16.6 Å². The second-order valence-electron chi connectivity index (χ2n) is 4.87. The minimum Gasteiger partial charge on any atom is -0.366 e. The van der Waals surface area contributed by atoms with Gasteiger partial charge in [-0.25, -0.2) is 0 Å². The first-order valence-corrected chi connectivity index (χ1v) is 7.23. The van der Waals surface area contributed by atoms with E-state index in [-0.39, 0.29) is 6.04 Å². The Morgan fingerprint density at radius 1 is 1.10 bits per heavy atom. The Morgan fingerprint density at radius 2 is 1.85 bits per heavy atom. The van der Waals surface area contributed by atoms with E-state index in [9.17, 15) is 0 Å². The molecule has 2 aromatic rings. The maximum Gasteiger partial charge on any atom is 0.0662 e. The Balaban J connectivity index is 2.33. The van der Waals surface area contributed by atoms with Crippen LogP contribution in [0.3, 0.4) is 0 Å². The first-order chi connectivity index (χ1) is 9.52. The average molecular weight is 309 g/mol. The van der Waals surface area contributed by atoms with Crippen LogP contribution in [0.15, 0.2) is 42.5 Å². The fraction of sp³-hybridized carbons (Fsp3) is 0.250. The molecule has 4 heteroatoms. The van der Waals surface area contributed by atoms with Crippen LogP contribution in [0.1, 0.15) is 17.2 Å². The van der Waals surface area contributed by atoms with Gasteiger partial charge in [0.2, 0.25) is 0 Å². The summed E-state index contributed by atoms with van der Waals surface area (Å²) in [5.74, 6) is 0. The zero-order chi connectivity index (χ0) is 14.7. The predicted octanol–water partition coefficient (Wildman–Crippen LogP) is 4.44. The lowest BCUT2D eigenvalue weighted by Crippen LogP contribution is -2.30. The number of halogens is 2. The number of hydrogen-bond acceptors (Lipinski definition) is 2. The molecule has 0 bridgehead atoms. The van der Waals surface area contributed by atoms with E-state index < -0.39 is 0 Å². The Bertz CT molecular complexity index is 599. The highest BCUT2D eigenvalue weighted by atomic mass is 35.5. The number of benzene rings is 2. The summed E-state index contributed by atoms with van der Waals surface area (Å²) in [6.45, 7) is 2.58. The van der Waals surface area contributed by atoms with E-state index >= 15 is 0 Å². The Labute approximate surface area is 130 Å². The van der Waals surface area contributed by atoms with Crippen LogP contribution in [0.5, 0.6) is 0 Å². The van der Waals surface area contributed by atoms with Crippen LogP contribution in [0.4, 0.5) is 5.69 Å². The summed E-state index contributed by atoms with van der Waals surface area (Å²) in [6, 6.07) is 14.1. The van der Waals surface area contributed by atoms with E-state index in [1.54, 1.807) is 0 Å². The van der Waals surface area contributed by atoms with Crippen LogP contribution >= 0.6 is 23.2 Å². The molecular formula is C16H18Cl2N2. The molecule has 106 valence electrons. The Kier molecular flexibility index (Phi) is 4.92. The molecule has 0 aliphatic carbocycles. The predicted molar refractivity (Wildman–Crippen MR) is 87.8 cm³/mol. The molecule has 0 radical (unpaired) electrons. The summed E-state index contributed by atoms with van der Waals surface area (Å²) < 4.78 is 0. The van der Waals surface area contributed by atoms with E-state index in [0.717, 1.165) is 11.3 Å². The van der Waals surface area contributed by atoms with Crippen molar-refractivity contribution in [2.24, 2.45) is 5.73 Å². The number of nitrogens with zero attached hydrogens (tertiary/aromatic N) is 1. The van der Waals surface area contributed by atoms with Gasteiger partial charge in [-0.1, -0.05) is 41.4 Å². The molecule has 2 rings (SSSR count). The van der Waals surface area contributed by atoms with Crippen LogP contribution < -0.4 is 10.6 Å². The maximum absolute atomic E-state index is 6.10. The van der Waals surface area contributed by atoms with Gasteiger partial charge in [0.15, 0.2) is 0 Å². The Hall–Kier alpha value is -1.22. The molecule has 0 fully saturated rings. The summed E-state index contributed by atoms with van der Waals surface area (Å²) in [7, 11) is 2.04. The number of likely N-dealkylation sites (N-methyl/N-ethyl adjacent to an activating group) is 1. The molecule has 0 aliphatic rings. The van der Waals surface area contributed by atoms with E-state index in [1.165, 1.54) is 5.56 Å². The summed E-state index contributed by atoms with van der Waals surface area (Å²) >= 11 is 12.1. The van der Waals surface area contributed by atoms with Crippen LogP contribution in [0, 0.1) is 6.92 Å². The van der Waals surface area contributed by atoms with Crippen molar-refractivity contribution in [1.29, 1.82) is 0 Å². The second kappa shape index (κ2) is 6.49. The minimum absolute atomic E-state index is 0.0616. The van der Waals surface area contributed by atoms with Gasteiger partial charge in [-0.2, -0.15) is 0 Å². The molecule has 0 aromatic heterocycles. The summed E-state index contributed by atoms with van der Waals surface area (Å²) in [4.78, 5) is 2.16. The zero-order valence-corrected chi connectivity index (χ0v) is 13.1. The third-order valence-electron chi connectivity index (χ3n) is 3.43. The molecule has 0 amide bonds. The van der Waals surface area contributed by atoms with Crippen molar-refractivity contribution < 1.29 is 0 Å². The van der Waals surface area contributed by atoms with Crippen molar-refractivity contribution in [3.05, 3.63) is 63.6 Å². The lowest BCUT2D eigenvalue weighted by Gasteiger charge is -2.30. The lowest BCUT2D eigenvalue weighted by molar-refractivity contribution is 0.680. The number of anilines is 1. The van der Waals surface area contributed by atoms with Gasteiger partial charge in [0.1, 0.15) is 0 Å². The van der Waals surface area contributed by atoms with Gasteiger partial charge in [0.05, 0.1) is 16.1 Å². The van der Waals surface area contributed by atoms with Crippen molar-refractivity contribution in [2.75, 3.05) is 18.5 Å². The molecule has 1 atom stereocenters. The van der Waals surface area contributed by atoms with Gasteiger partial charge >= 0.3 is 0 Å². The van der Waals surface area contributed by atoms with E-state index in [2.05, 4.69) is 30.0 Å². The smallest absolute Gasteiger partial charge is 0.0662 e. The number of aryl methyl sites for hydroxylation is 1. The minimum atomic E-state index is 0.0616. The summed E-state index contributed by atoms with van der Waals surface area (Å²) in [5, 5.41) is 1.12. The van der Waals surface area contributed by atoms with Crippen LogP contribution in [0.25, 0.3) is 0 Å². The quantitative estimate of drug-likeness (QED) is 0.905. The number of rotatable bonds is 4. The third kappa shape index (κ3) is 3.26. The van der Waals surface area contributed by atoms with Gasteiger partial charge in [-0.15, -0.1) is 0 Å². The molecule has 0 heterocycles. The Morgan fingerprint density at radius 3 is 2.45 bits per heavy atom. The van der Waals surface area contributed by atoms with Crippen molar-refractivity contribution >= 4 is 28.9 Å². The first kappa shape index (κ1) is 15.2. The average Bonchev–Trinajstić information content (AvgIpc) is 2.43. The van der Waals surface area contributed by atoms with Gasteiger partial charge in [0.25, 0.3) is 0 Å². The SMILES string of the molecule is Cc1cccc(N(C)C(CN)c2ccc(Cl)c(Cl)c2)c1. The van der Waals surface area contributed by atoms with Gasteiger partial charge in [0, 0.05) is 19.3 Å². The zero-order valence-electron chi connectivity index (χ0n) is 11.6. The maximum atomic E-state index is 6.10. The highest BCUT2D eigenvalue weighted by molar-refractivity contribution is 6.42. The van der Waals surface area contributed by atoms with Crippen LogP contribution in [0.2, 0.25) is 10.0 Å². The highest BCUT2D eigenvalue weighted by Crippen LogP contribution is 2.30. The summed E-state index contributed by atoms with van der Waals surface area (Å²) in [6.07, 6.45) is 0. The molecule has 1 unspecified atom stereocenters. The van der Waals surface area contributed by atoms with Gasteiger partial charge in [-0.3, -0.25) is 0 Å². The second-order valence-corrected chi connectivity index (χ2v) is 5.69. The van der Waals surface area contributed by atoms with E-state index in [4.69, 9.17) is 28.9 Å². The van der Waals surface area contributed by atoms with Gasteiger partial charge < -0.3 is 10.6 Å². The number of nitrogens with two attached hydrogens (primary N) is 1. The third-order valence-corrected chi connectivity index (χ3v) is 4.17. The molecule has 0 spiro atoms. The largest absolute Gasteiger partial charge is 0.366 e. The highest BCUT2D eigenvalue weighted by Gasteiger charge is 2.17. The number of hydrogen-bond donors (Lipinski definition) is 1. The molecule has 2 N–H and O–H groups in total. The van der Waals surface area contributed by atoms with Crippen molar-refractivity contribution in [1.82, 2.24) is 0 Å². The van der Waals surface area contributed by atoms with Gasteiger partial charge in [-0.05, 0) is 42.3 Å². The van der Waals surface area contributed by atoms with Crippen LogP contribution in [-0.2, 0) is 0 Å². The molecular weight excluding hydrogens is 291 g/mol.